The molecule has 0 radical (unpaired) electrons. The third-order valence-corrected chi connectivity index (χ3v) is 4.68. The van der Waals surface area contributed by atoms with Gasteiger partial charge in [0.2, 0.25) is 0 Å². The van der Waals surface area contributed by atoms with Crippen LogP contribution in [0.3, 0.4) is 0 Å². The number of amides is 2. The quantitative estimate of drug-likeness (QED) is 0.858. The number of nitrogens with one attached hydrogen (secondary N) is 2. The topological polar surface area (TPSA) is 76.7 Å². The summed E-state index contributed by atoms with van der Waals surface area (Å²) in [4.78, 5) is 24.6. The zero-order chi connectivity index (χ0) is 18.8. The summed E-state index contributed by atoms with van der Waals surface area (Å²) in [6, 6.07) is 12.4. The first-order valence-corrected chi connectivity index (χ1v) is 8.88. The van der Waals surface area contributed by atoms with Gasteiger partial charge in [-0.25, -0.2) is 0 Å². The van der Waals surface area contributed by atoms with Gasteiger partial charge in [-0.05, 0) is 42.3 Å². The molecule has 0 fully saturated rings. The fourth-order valence-corrected chi connectivity index (χ4v) is 3.20. The van der Waals surface area contributed by atoms with Crippen molar-refractivity contribution in [1.82, 2.24) is 10.6 Å². The van der Waals surface area contributed by atoms with Crippen LogP contribution in [0.2, 0.25) is 0 Å². The summed E-state index contributed by atoms with van der Waals surface area (Å²) < 4.78 is 11.4. The van der Waals surface area contributed by atoms with E-state index >= 15 is 0 Å². The van der Waals surface area contributed by atoms with Gasteiger partial charge in [0, 0.05) is 0 Å². The van der Waals surface area contributed by atoms with Crippen LogP contribution in [0.15, 0.2) is 48.0 Å². The van der Waals surface area contributed by atoms with Crippen LogP contribution < -0.4 is 20.1 Å². The second kappa shape index (κ2) is 7.15. The van der Waals surface area contributed by atoms with E-state index in [9.17, 15) is 9.59 Å². The van der Waals surface area contributed by atoms with E-state index in [2.05, 4.69) is 10.6 Å². The van der Waals surface area contributed by atoms with Gasteiger partial charge in [-0.1, -0.05) is 24.3 Å². The highest BCUT2D eigenvalue weighted by atomic mass is 16.5. The Morgan fingerprint density at radius 3 is 2.74 bits per heavy atom. The molecule has 0 saturated heterocycles. The van der Waals surface area contributed by atoms with Crippen molar-refractivity contribution in [2.75, 3.05) is 19.8 Å². The minimum atomic E-state index is -0.256. The van der Waals surface area contributed by atoms with Crippen LogP contribution in [0.4, 0.5) is 0 Å². The van der Waals surface area contributed by atoms with Crippen LogP contribution in [0, 0.1) is 0 Å². The second-order valence-corrected chi connectivity index (χ2v) is 6.58. The summed E-state index contributed by atoms with van der Waals surface area (Å²) in [5.41, 5.74) is 2.85. The number of hydrogen-bond donors (Lipinski definition) is 2. The van der Waals surface area contributed by atoms with Crippen LogP contribution >= 0.6 is 0 Å². The van der Waals surface area contributed by atoms with Gasteiger partial charge in [0.05, 0.1) is 23.7 Å². The molecule has 27 heavy (non-hydrogen) atoms. The van der Waals surface area contributed by atoms with Gasteiger partial charge in [0.15, 0.2) is 0 Å². The maximum absolute atomic E-state index is 12.5. The van der Waals surface area contributed by atoms with E-state index in [4.69, 9.17) is 9.47 Å². The van der Waals surface area contributed by atoms with Gasteiger partial charge in [0.1, 0.15) is 24.7 Å². The molecule has 138 valence electrons. The Morgan fingerprint density at radius 1 is 1.04 bits per heavy atom. The summed E-state index contributed by atoms with van der Waals surface area (Å²) in [6.45, 7) is 3.23. The van der Waals surface area contributed by atoms with Crippen molar-refractivity contribution >= 4 is 17.9 Å². The summed E-state index contributed by atoms with van der Waals surface area (Å²) >= 11 is 0. The number of ether oxygens (including phenoxy) is 2. The lowest BCUT2D eigenvalue weighted by Gasteiger charge is -2.16. The van der Waals surface area contributed by atoms with Gasteiger partial charge in [-0.2, -0.15) is 0 Å². The van der Waals surface area contributed by atoms with Gasteiger partial charge >= 0.3 is 0 Å². The van der Waals surface area contributed by atoms with Crippen molar-refractivity contribution in [3.05, 3.63) is 64.7 Å². The number of benzene rings is 2. The minimum Gasteiger partial charge on any atom is -0.491 e. The zero-order valence-corrected chi connectivity index (χ0v) is 15.0. The molecule has 2 amide bonds. The molecule has 0 aliphatic carbocycles. The lowest BCUT2D eigenvalue weighted by Crippen LogP contribution is -2.37. The first kappa shape index (κ1) is 17.1. The number of rotatable bonds is 2. The first-order chi connectivity index (χ1) is 13.1. The highest BCUT2D eigenvalue weighted by Gasteiger charge is 2.23. The van der Waals surface area contributed by atoms with Crippen molar-refractivity contribution < 1.29 is 19.1 Å². The Morgan fingerprint density at radius 2 is 1.85 bits per heavy atom. The minimum absolute atomic E-state index is 0.142. The highest BCUT2D eigenvalue weighted by Crippen LogP contribution is 2.25. The SMILES string of the molecule is C/C(=C/c1ccc2c(c1)C(=O)NCCO2)C1COc2ccccc2C(=O)N1. The molecule has 2 aromatic rings. The third kappa shape index (κ3) is 3.51. The van der Waals surface area contributed by atoms with Gasteiger partial charge < -0.3 is 20.1 Å². The Balaban J connectivity index is 1.58. The normalized spacial score (nSPS) is 19.3. The van der Waals surface area contributed by atoms with Crippen LogP contribution in [-0.2, 0) is 0 Å². The number of carbonyl (C=O) groups excluding carboxylic acids is 2. The fourth-order valence-electron chi connectivity index (χ4n) is 3.20. The van der Waals surface area contributed by atoms with Crippen LogP contribution in [0.5, 0.6) is 11.5 Å². The van der Waals surface area contributed by atoms with Crippen molar-refractivity contribution in [2.45, 2.75) is 13.0 Å². The average molecular weight is 364 g/mol. The number of carbonyl (C=O) groups is 2. The van der Waals surface area contributed by atoms with Crippen LogP contribution in [0.1, 0.15) is 33.2 Å². The van der Waals surface area contributed by atoms with E-state index in [1.165, 1.54) is 0 Å². The lowest BCUT2D eigenvalue weighted by atomic mass is 10.0. The summed E-state index contributed by atoms with van der Waals surface area (Å²) in [7, 11) is 0. The summed E-state index contributed by atoms with van der Waals surface area (Å²) in [6.07, 6.45) is 1.95. The van der Waals surface area contributed by atoms with E-state index in [0.29, 0.717) is 42.4 Å². The molecule has 2 aliphatic rings. The molecular weight excluding hydrogens is 344 g/mol. The molecule has 0 saturated carbocycles. The van der Waals surface area contributed by atoms with Crippen molar-refractivity contribution in [1.29, 1.82) is 0 Å². The second-order valence-electron chi connectivity index (χ2n) is 6.58. The molecule has 2 heterocycles. The zero-order valence-electron chi connectivity index (χ0n) is 15.0. The van der Waals surface area contributed by atoms with Crippen molar-refractivity contribution in [3.8, 4) is 11.5 Å². The van der Waals surface area contributed by atoms with Crippen molar-refractivity contribution in [3.63, 3.8) is 0 Å². The highest BCUT2D eigenvalue weighted by molar-refractivity contribution is 5.98. The summed E-state index contributed by atoms with van der Waals surface area (Å²) in [5.74, 6) is 0.873. The van der Waals surface area contributed by atoms with Gasteiger partial charge in [-0.3, -0.25) is 9.59 Å². The smallest absolute Gasteiger partial charge is 0.255 e. The van der Waals surface area contributed by atoms with E-state index in [1.807, 2.05) is 31.2 Å². The van der Waals surface area contributed by atoms with E-state index in [0.717, 1.165) is 11.1 Å². The maximum Gasteiger partial charge on any atom is 0.255 e. The molecule has 2 N–H and O–H groups in total. The predicted molar refractivity (Wildman–Crippen MR) is 101 cm³/mol. The Bertz CT molecular complexity index is 936. The Labute approximate surface area is 157 Å². The van der Waals surface area contributed by atoms with E-state index < -0.39 is 0 Å². The van der Waals surface area contributed by atoms with Crippen molar-refractivity contribution in [2.24, 2.45) is 0 Å². The molecule has 1 atom stereocenters. The molecule has 0 bridgehead atoms. The fraction of sp³-hybridized carbons (Fsp3) is 0.238. The Hall–Kier alpha value is -3.28. The molecule has 6 nitrogen and oxygen atoms in total. The molecule has 2 aliphatic heterocycles. The average Bonchev–Trinajstić information content (AvgIpc) is 2.96. The molecule has 6 heteroatoms. The standard InChI is InChI=1S/C21H20N2O4/c1-13(17-12-27-18-5-3-2-4-15(18)21(25)23-17)10-14-6-7-19-16(11-14)20(24)22-8-9-26-19/h2-7,10-11,17H,8-9,12H2,1H3,(H,22,24)(H,23,25)/b13-10-. The van der Waals surface area contributed by atoms with Gasteiger partial charge in [-0.15, -0.1) is 0 Å². The molecule has 0 aromatic heterocycles. The molecular formula is C21H20N2O4. The number of hydrogen-bond acceptors (Lipinski definition) is 4. The van der Waals surface area contributed by atoms with Crippen LogP contribution in [0.25, 0.3) is 6.08 Å². The third-order valence-electron chi connectivity index (χ3n) is 4.68. The molecule has 2 aromatic carbocycles. The monoisotopic (exact) mass is 364 g/mol. The van der Waals surface area contributed by atoms with Crippen LogP contribution in [-0.4, -0.2) is 37.6 Å². The number of fused-ring (bicyclic) bond motifs is 2. The predicted octanol–water partition coefficient (Wildman–Crippen LogP) is 2.40. The lowest BCUT2D eigenvalue weighted by molar-refractivity contribution is 0.0941. The van der Waals surface area contributed by atoms with E-state index in [-0.39, 0.29) is 17.9 Å². The Kier molecular flexibility index (Phi) is 4.54. The summed E-state index contributed by atoms with van der Waals surface area (Å²) in [5, 5.41) is 5.81. The van der Waals surface area contributed by atoms with Gasteiger partial charge in [0.25, 0.3) is 11.8 Å². The molecule has 4 rings (SSSR count). The number of para-hydroxylation sites is 1. The maximum atomic E-state index is 12.5. The first-order valence-electron chi connectivity index (χ1n) is 8.88. The molecule has 0 spiro atoms. The largest absolute Gasteiger partial charge is 0.491 e. The van der Waals surface area contributed by atoms with E-state index in [1.54, 1.807) is 24.3 Å². The molecule has 1 unspecified atom stereocenters.